The number of aromatic nitrogens is 2. The van der Waals surface area contributed by atoms with Crippen molar-refractivity contribution in [3.8, 4) is 0 Å². The highest BCUT2D eigenvalue weighted by Gasteiger charge is 2.22. The SMILES string of the molecule is CCC(C)n1ccc(CN(C)C(C)(C)CBr)n1. The molecule has 17 heavy (non-hydrogen) atoms. The van der Waals surface area contributed by atoms with Crippen molar-refractivity contribution in [2.45, 2.75) is 52.2 Å². The summed E-state index contributed by atoms with van der Waals surface area (Å²) in [5.41, 5.74) is 1.29. The quantitative estimate of drug-likeness (QED) is 0.750. The third-order valence-electron chi connectivity index (χ3n) is 3.47. The molecule has 0 amide bonds. The lowest BCUT2D eigenvalue weighted by Crippen LogP contribution is -2.42. The first-order valence-corrected chi connectivity index (χ1v) is 7.34. The molecule has 1 unspecified atom stereocenters. The summed E-state index contributed by atoms with van der Waals surface area (Å²) >= 11 is 3.56. The second kappa shape index (κ2) is 6.01. The Kier molecular flexibility index (Phi) is 5.20. The van der Waals surface area contributed by atoms with Gasteiger partial charge in [0.2, 0.25) is 0 Å². The van der Waals surface area contributed by atoms with Crippen molar-refractivity contribution >= 4 is 15.9 Å². The van der Waals surface area contributed by atoms with Gasteiger partial charge in [0, 0.05) is 29.7 Å². The van der Waals surface area contributed by atoms with Crippen molar-refractivity contribution in [2.24, 2.45) is 0 Å². The molecule has 1 rings (SSSR count). The van der Waals surface area contributed by atoms with Crippen LogP contribution in [0.15, 0.2) is 12.3 Å². The van der Waals surface area contributed by atoms with Crippen LogP contribution in [0.1, 0.15) is 45.9 Å². The van der Waals surface area contributed by atoms with E-state index in [0.717, 1.165) is 24.0 Å². The van der Waals surface area contributed by atoms with Crippen LogP contribution in [0.25, 0.3) is 0 Å². The Balaban J connectivity index is 2.66. The lowest BCUT2D eigenvalue weighted by molar-refractivity contribution is 0.170. The molecule has 1 aromatic heterocycles. The molecule has 1 aromatic rings. The van der Waals surface area contributed by atoms with Crippen molar-refractivity contribution in [3.63, 3.8) is 0 Å². The average molecular weight is 302 g/mol. The van der Waals surface area contributed by atoms with Gasteiger partial charge in [-0.2, -0.15) is 5.10 Å². The molecule has 0 aliphatic carbocycles. The molecule has 0 N–H and O–H groups in total. The van der Waals surface area contributed by atoms with E-state index < -0.39 is 0 Å². The Bertz CT molecular complexity index is 346. The van der Waals surface area contributed by atoms with E-state index in [1.54, 1.807) is 0 Å². The molecule has 98 valence electrons. The van der Waals surface area contributed by atoms with Gasteiger partial charge in [-0.1, -0.05) is 22.9 Å². The van der Waals surface area contributed by atoms with Gasteiger partial charge in [-0.15, -0.1) is 0 Å². The third-order valence-corrected chi connectivity index (χ3v) is 4.84. The van der Waals surface area contributed by atoms with Crippen LogP contribution in [0.2, 0.25) is 0 Å². The first kappa shape index (κ1) is 14.7. The summed E-state index contributed by atoms with van der Waals surface area (Å²) in [6.07, 6.45) is 3.20. The fraction of sp³-hybridized carbons (Fsp3) is 0.769. The molecule has 0 fully saturated rings. The molecule has 0 spiro atoms. The average Bonchev–Trinajstić information content (AvgIpc) is 2.76. The zero-order valence-electron chi connectivity index (χ0n) is 11.6. The fourth-order valence-electron chi connectivity index (χ4n) is 1.45. The standard InChI is InChI=1S/C13H24BrN3/c1-6-11(2)17-8-7-12(15-17)9-16(5)13(3,4)10-14/h7-8,11H,6,9-10H2,1-5H3. The van der Waals surface area contributed by atoms with Crippen LogP contribution in [-0.4, -0.2) is 32.6 Å². The molecule has 0 bridgehead atoms. The molecule has 0 aliphatic rings. The van der Waals surface area contributed by atoms with Gasteiger partial charge in [-0.3, -0.25) is 9.58 Å². The van der Waals surface area contributed by atoms with Crippen molar-refractivity contribution in [1.82, 2.24) is 14.7 Å². The molecular formula is C13H24BrN3. The highest BCUT2D eigenvalue weighted by Crippen LogP contribution is 2.18. The number of halogens is 1. The van der Waals surface area contributed by atoms with Crippen LogP contribution in [0.4, 0.5) is 0 Å². The maximum absolute atomic E-state index is 4.63. The highest BCUT2D eigenvalue weighted by atomic mass is 79.9. The van der Waals surface area contributed by atoms with Gasteiger partial charge in [0.1, 0.15) is 0 Å². The van der Waals surface area contributed by atoms with Crippen molar-refractivity contribution in [1.29, 1.82) is 0 Å². The Morgan fingerprint density at radius 1 is 1.53 bits per heavy atom. The molecule has 3 nitrogen and oxygen atoms in total. The molecular weight excluding hydrogens is 278 g/mol. The van der Waals surface area contributed by atoms with Gasteiger partial charge in [0.05, 0.1) is 5.69 Å². The minimum absolute atomic E-state index is 0.153. The number of hydrogen-bond acceptors (Lipinski definition) is 2. The maximum atomic E-state index is 4.63. The zero-order valence-corrected chi connectivity index (χ0v) is 13.2. The van der Waals surface area contributed by atoms with Crippen LogP contribution < -0.4 is 0 Å². The summed E-state index contributed by atoms with van der Waals surface area (Å²) in [5, 5.41) is 5.59. The third kappa shape index (κ3) is 3.81. The number of alkyl halides is 1. The van der Waals surface area contributed by atoms with Crippen molar-refractivity contribution in [2.75, 3.05) is 12.4 Å². The van der Waals surface area contributed by atoms with E-state index >= 15 is 0 Å². The van der Waals surface area contributed by atoms with Crippen LogP contribution in [0, 0.1) is 0 Å². The zero-order chi connectivity index (χ0) is 13.1. The van der Waals surface area contributed by atoms with Crippen LogP contribution in [-0.2, 0) is 6.54 Å². The predicted molar refractivity (Wildman–Crippen MR) is 76.6 cm³/mol. The van der Waals surface area contributed by atoms with Gasteiger partial charge in [0.25, 0.3) is 0 Å². The molecule has 0 saturated carbocycles. The Morgan fingerprint density at radius 2 is 2.18 bits per heavy atom. The maximum Gasteiger partial charge on any atom is 0.0764 e. The topological polar surface area (TPSA) is 21.1 Å². The van der Waals surface area contributed by atoms with Gasteiger partial charge in [-0.25, -0.2) is 0 Å². The van der Waals surface area contributed by atoms with Crippen molar-refractivity contribution in [3.05, 3.63) is 18.0 Å². The number of rotatable bonds is 6. The van der Waals surface area contributed by atoms with Gasteiger partial charge in [-0.05, 0) is 40.3 Å². The Morgan fingerprint density at radius 3 is 2.71 bits per heavy atom. The van der Waals surface area contributed by atoms with E-state index in [4.69, 9.17) is 0 Å². The lowest BCUT2D eigenvalue weighted by Gasteiger charge is -2.33. The molecule has 1 heterocycles. The summed E-state index contributed by atoms with van der Waals surface area (Å²) in [4.78, 5) is 2.32. The largest absolute Gasteiger partial charge is 0.295 e. The predicted octanol–water partition coefficient (Wildman–Crippen LogP) is 3.46. The summed E-state index contributed by atoms with van der Waals surface area (Å²) in [7, 11) is 2.14. The molecule has 0 radical (unpaired) electrons. The normalized spacial score (nSPS) is 14.3. The summed E-state index contributed by atoms with van der Waals surface area (Å²) in [6.45, 7) is 9.73. The summed E-state index contributed by atoms with van der Waals surface area (Å²) in [6, 6.07) is 2.60. The van der Waals surface area contributed by atoms with Gasteiger partial charge >= 0.3 is 0 Å². The summed E-state index contributed by atoms with van der Waals surface area (Å²) in [5.74, 6) is 0. The van der Waals surface area contributed by atoms with Gasteiger partial charge in [0.15, 0.2) is 0 Å². The minimum atomic E-state index is 0.153. The van der Waals surface area contributed by atoms with E-state index in [0.29, 0.717) is 6.04 Å². The van der Waals surface area contributed by atoms with Crippen molar-refractivity contribution < 1.29 is 0 Å². The molecule has 4 heteroatoms. The van der Waals surface area contributed by atoms with Gasteiger partial charge < -0.3 is 0 Å². The first-order chi connectivity index (χ1) is 7.90. The molecule has 0 aliphatic heterocycles. The fourth-order valence-corrected chi connectivity index (χ4v) is 1.88. The van der Waals surface area contributed by atoms with E-state index in [1.807, 2.05) is 0 Å². The second-order valence-corrected chi connectivity index (χ2v) is 5.91. The Labute approximate surface area is 113 Å². The lowest BCUT2D eigenvalue weighted by atomic mass is 10.1. The van der Waals surface area contributed by atoms with Crippen LogP contribution in [0.5, 0.6) is 0 Å². The monoisotopic (exact) mass is 301 g/mol. The van der Waals surface area contributed by atoms with E-state index in [2.05, 4.69) is 77.6 Å². The number of nitrogens with zero attached hydrogens (tertiary/aromatic N) is 3. The van der Waals surface area contributed by atoms with E-state index in [1.165, 1.54) is 0 Å². The Hall–Kier alpha value is -0.350. The van der Waals surface area contributed by atoms with E-state index in [9.17, 15) is 0 Å². The van der Waals surface area contributed by atoms with E-state index in [-0.39, 0.29) is 5.54 Å². The molecule has 0 aromatic carbocycles. The van der Waals surface area contributed by atoms with Crippen LogP contribution in [0.3, 0.4) is 0 Å². The molecule has 1 atom stereocenters. The highest BCUT2D eigenvalue weighted by molar-refractivity contribution is 9.09. The minimum Gasteiger partial charge on any atom is -0.295 e. The number of hydrogen-bond donors (Lipinski definition) is 0. The van der Waals surface area contributed by atoms with Crippen LogP contribution >= 0.6 is 15.9 Å². The second-order valence-electron chi connectivity index (χ2n) is 5.35. The smallest absolute Gasteiger partial charge is 0.0764 e. The first-order valence-electron chi connectivity index (χ1n) is 6.22. The molecule has 0 saturated heterocycles. The summed E-state index contributed by atoms with van der Waals surface area (Å²) < 4.78 is 2.06.